The first-order valence-corrected chi connectivity index (χ1v) is 4.82. The van der Waals surface area contributed by atoms with Gasteiger partial charge in [-0.3, -0.25) is 4.79 Å². The molecule has 1 aromatic rings. The quantitative estimate of drug-likeness (QED) is 0.507. The molecule has 0 spiro atoms. The van der Waals surface area contributed by atoms with E-state index >= 15 is 0 Å². The van der Waals surface area contributed by atoms with Gasteiger partial charge in [-0.2, -0.15) is 0 Å². The number of hydrogen-bond donors (Lipinski definition) is 0. The van der Waals surface area contributed by atoms with Crippen molar-refractivity contribution >= 4 is 17.7 Å². The van der Waals surface area contributed by atoms with Gasteiger partial charge in [0.05, 0.1) is 0 Å². The van der Waals surface area contributed by atoms with Gasteiger partial charge in [0.25, 0.3) is 0 Å². The fraction of sp³-hybridized carbons (Fsp3) is 0.182. The molecule has 0 saturated carbocycles. The van der Waals surface area contributed by atoms with Crippen molar-refractivity contribution < 1.29 is 19.2 Å². The maximum Gasteiger partial charge on any atom is 0.359 e. The molecule has 16 heavy (non-hydrogen) atoms. The van der Waals surface area contributed by atoms with Crippen LogP contribution in [0.1, 0.15) is 5.56 Å². The molecule has 0 aromatic heterocycles. The van der Waals surface area contributed by atoms with E-state index < -0.39 is 24.0 Å². The van der Waals surface area contributed by atoms with Crippen LogP contribution in [0.3, 0.4) is 0 Å². The number of benzene rings is 1. The van der Waals surface area contributed by atoms with Crippen molar-refractivity contribution in [2.24, 2.45) is 11.1 Å². The lowest BCUT2D eigenvalue weighted by atomic mass is 9.94. The molecule has 3 rings (SSSR count). The van der Waals surface area contributed by atoms with Gasteiger partial charge in [-0.05, 0) is 0 Å². The Kier molecular flexibility index (Phi) is 1.80. The van der Waals surface area contributed by atoms with Crippen LogP contribution in [0.15, 0.2) is 35.5 Å². The summed E-state index contributed by atoms with van der Waals surface area (Å²) in [7, 11) is 0. The molecule has 2 aliphatic heterocycles. The minimum absolute atomic E-state index is 0.460. The zero-order valence-corrected chi connectivity index (χ0v) is 8.12. The second kappa shape index (κ2) is 3.16. The lowest BCUT2D eigenvalue weighted by Gasteiger charge is -2.02. The van der Waals surface area contributed by atoms with Crippen molar-refractivity contribution in [3.63, 3.8) is 0 Å². The third-order valence-electron chi connectivity index (χ3n) is 2.62. The van der Waals surface area contributed by atoms with E-state index in [1.54, 1.807) is 12.1 Å². The number of carbonyl (C=O) groups excluding carboxylic acids is 2. The molecule has 1 saturated heterocycles. The molecule has 0 radical (unpaired) electrons. The Labute approximate surface area is 90.6 Å². The van der Waals surface area contributed by atoms with E-state index in [2.05, 4.69) is 9.89 Å². The van der Waals surface area contributed by atoms with Crippen molar-refractivity contribution in [3.05, 3.63) is 35.9 Å². The molecule has 0 unspecified atom stereocenters. The number of fused-ring (bicyclic) bond motifs is 1. The molecule has 2 aliphatic rings. The Bertz CT molecular complexity index is 494. The standard InChI is InChI=1S/C11H7NO4/c13-10-7-8(6-4-2-1-3-5-6)12-16-9(7)11(14)15-10/h1-5,7,9H/t7-,9+/m1/s1. The van der Waals surface area contributed by atoms with Crippen LogP contribution in [0, 0.1) is 5.92 Å². The lowest BCUT2D eigenvalue weighted by molar-refractivity contribution is -0.155. The van der Waals surface area contributed by atoms with Crippen molar-refractivity contribution in [1.29, 1.82) is 0 Å². The van der Waals surface area contributed by atoms with Gasteiger partial charge in [-0.15, -0.1) is 0 Å². The van der Waals surface area contributed by atoms with Gasteiger partial charge >= 0.3 is 11.9 Å². The number of hydrogen-bond acceptors (Lipinski definition) is 5. The summed E-state index contributed by atoms with van der Waals surface area (Å²) < 4.78 is 4.50. The number of esters is 2. The monoisotopic (exact) mass is 217 g/mol. The first kappa shape index (κ1) is 9.08. The summed E-state index contributed by atoms with van der Waals surface area (Å²) in [6.45, 7) is 0. The topological polar surface area (TPSA) is 65.0 Å². The summed E-state index contributed by atoms with van der Waals surface area (Å²) >= 11 is 0. The number of carbonyl (C=O) groups is 2. The SMILES string of the molecule is O=C1OC(=O)[C@H]2ON=C(c3ccccc3)[C@@H]12. The molecule has 5 heteroatoms. The predicted molar refractivity (Wildman–Crippen MR) is 52.4 cm³/mol. The van der Waals surface area contributed by atoms with Crippen LogP contribution in [-0.4, -0.2) is 23.8 Å². The molecular formula is C11H7NO4. The zero-order chi connectivity index (χ0) is 11.1. The van der Waals surface area contributed by atoms with E-state index in [4.69, 9.17) is 4.84 Å². The second-order valence-electron chi connectivity index (χ2n) is 3.59. The Hall–Kier alpha value is -2.17. The molecular weight excluding hydrogens is 210 g/mol. The molecule has 0 bridgehead atoms. The van der Waals surface area contributed by atoms with Gasteiger partial charge in [0.2, 0.25) is 6.10 Å². The highest BCUT2D eigenvalue weighted by Gasteiger charge is 2.53. The van der Waals surface area contributed by atoms with Crippen molar-refractivity contribution in [1.82, 2.24) is 0 Å². The average molecular weight is 217 g/mol. The highest BCUT2D eigenvalue weighted by Crippen LogP contribution is 2.30. The minimum atomic E-state index is -0.900. The van der Waals surface area contributed by atoms with Crippen LogP contribution >= 0.6 is 0 Å². The first-order chi connectivity index (χ1) is 7.77. The summed E-state index contributed by atoms with van der Waals surface area (Å²) in [6.07, 6.45) is -0.900. The summed E-state index contributed by atoms with van der Waals surface area (Å²) in [6, 6.07) is 9.12. The van der Waals surface area contributed by atoms with E-state index in [1.165, 1.54) is 0 Å². The van der Waals surface area contributed by atoms with Crippen LogP contribution in [-0.2, 0) is 19.2 Å². The third-order valence-corrected chi connectivity index (χ3v) is 2.62. The Morgan fingerprint density at radius 1 is 1.06 bits per heavy atom. The van der Waals surface area contributed by atoms with Gasteiger partial charge in [-0.1, -0.05) is 35.5 Å². The molecule has 1 fully saturated rings. The first-order valence-electron chi connectivity index (χ1n) is 4.82. The Morgan fingerprint density at radius 2 is 1.81 bits per heavy atom. The highest BCUT2D eigenvalue weighted by atomic mass is 16.7. The Balaban J connectivity index is 2.00. The molecule has 5 nitrogen and oxygen atoms in total. The van der Waals surface area contributed by atoms with Gasteiger partial charge in [0.1, 0.15) is 5.71 Å². The molecule has 0 N–H and O–H groups in total. The fourth-order valence-corrected chi connectivity index (χ4v) is 1.85. The molecule has 80 valence electrons. The maximum atomic E-state index is 11.4. The average Bonchev–Trinajstić information content (AvgIpc) is 2.84. The number of nitrogens with zero attached hydrogens (tertiary/aromatic N) is 1. The van der Waals surface area contributed by atoms with Crippen molar-refractivity contribution in [2.75, 3.05) is 0 Å². The van der Waals surface area contributed by atoms with Crippen molar-refractivity contribution in [3.8, 4) is 0 Å². The summed E-state index contributed by atoms with van der Waals surface area (Å²) in [5.74, 6) is -1.96. The number of ether oxygens (including phenoxy) is 1. The third kappa shape index (κ3) is 1.14. The second-order valence-corrected chi connectivity index (χ2v) is 3.59. The maximum absolute atomic E-state index is 11.4. The lowest BCUT2D eigenvalue weighted by Crippen LogP contribution is -2.26. The highest BCUT2D eigenvalue weighted by molar-refractivity contribution is 6.19. The van der Waals surface area contributed by atoms with Crippen LogP contribution in [0.2, 0.25) is 0 Å². The van der Waals surface area contributed by atoms with Crippen molar-refractivity contribution in [2.45, 2.75) is 6.10 Å². The fourth-order valence-electron chi connectivity index (χ4n) is 1.85. The van der Waals surface area contributed by atoms with E-state index in [9.17, 15) is 9.59 Å². The van der Waals surface area contributed by atoms with E-state index in [0.29, 0.717) is 5.71 Å². The van der Waals surface area contributed by atoms with Gasteiger partial charge in [0.15, 0.2) is 5.92 Å². The van der Waals surface area contributed by atoms with Gasteiger partial charge < -0.3 is 9.57 Å². The van der Waals surface area contributed by atoms with Crippen LogP contribution in [0.25, 0.3) is 0 Å². The predicted octanol–water partition coefficient (Wildman–Crippen LogP) is 0.489. The summed E-state index contributed by atoms with van der Waals surface area (Å²) in [5.41, 5.74) is 1.23. The number of rotatable bonds is 1. The zero-order valence-electron chi connectivity index (χ0n) is 8.12. The van der Waals surface area contributed by atoms with Crippen LogP contribution in [0.4, 0.5) is 0 Å². The largest absolute Gasteiger partial charge is 0.390 e. The molecule has 2 heterocycles. The van der Waals surface area contributed by atoms with E-state index in [0.717, 1.165) is 5.56 Å². The van der Waals surface area contributed by atoms with E-state index in [-0.39, 0.29) is 0 Å². The normalized spacial score (nSPS) is 27.1. The smallest absolute Gasteiger partial charge is 0.359 e. The molecule has 2 atom stereocenters. The molecule has 0 amide bonds. The van der Waals surface area contributed by atoms with E-state index in [1.807, 2.05) is 18.2 Å². The molecule has 1 aromatic carbocycles. The Morgan fingerprint density at radius 3 is 2.56 bits per heavy atom. The summed E-state index contributed by atoms with van der Waals surface area (Å²) in [4.78, 5) is 27.6. The van der Waals surface area contributed by atoms with Crippen LogP contribution < -0.4 is 0 Å². The number of cyclic esters (lactones) is 2. The number of oxime groups is 1. The van der Waals surface area contributed by atoms with Gasteiger partial charge in [-0.25, -0.2) is 4.79 Å². The molecule has 0 aliphatic carbocycles. The minimum Gasteiger partial charge on any atom is -0.390 e. The summed E-state index contributed by atoms with van der Waals surface area (Å²) in [5, 5.41) is 3.79. The van der Waals surface area contributed by atoms with Crippen LogP contribution in [0.5, 0.6) is 0 Å². The van der Waals surface area contributed by atoms with Gasteiger partial charge in [0, 0.05) is 5.56 Å².